The zero-order chi connectivity index (χ0) is 17.8. The Morgan fingerprint density at radius 3 is 2.92 bits per heavy atom. The van der Waals surface area contributed by atoms with Crippen molar-refractivity contribution in [2.45, 2.75) is 33.2 Å². The molecule has 1 aromatic carbocycles. The second kappa shape index (κ2) is 7.98. The van der Waals surface area contributed by atoms with Gasteiger partial charge in [-0.15, -0.1) is 0 Å². The molecule has 0 bridgehead atoms. The average molecular weight is 358 g/mol. The maximum absolute atomic E-state index is 12.6. The fourth-order valence-corrected chi connectivity index (χ4v) is 3.41. The number of aryl methyl sites for hydroxylation is 2. The van der Waals surface area contributed by atoms with Crippen LogP contribution in [0.5, 0.6) is 0 Å². The van der Waals surface area contributed by atoms with E-state index in [-0.39, 0.29) is 11.8 Å². The molecule has 1 aliphatic rings. The molecule has 4 nitrogen and oxygen atoms in total. The van der Waals surface area contributed by atoms with Gasteiger partial charge in [0.05, 0.1) is 10.9 Å². The highest BCUT2D eigenvalue weighted by molar-refractivity contribution is 6.30. The maximum Gasteiger partial charge on any atom is 0.229 e. The molecule has 3 rings (SSSR count). The molecule has 5 heteroatoms. The zero-order valence-corrected chi connectivity index (χ0v) is 15.5. The second-order valence-electron chi connectivity index (χ2n) is 6.86. The molecule has 1 N–H and O–H groups in total. The summed E-state index contributed by atoms with van der Waals surface area (Å²) in [7, 11) is 0. The third kappa shape index (κ3) is 4.80. The lowest BCUT2D eigenvalue weighted by atomic mass is 9.96. The van der Waals surface area contributed by atoms with Crippen molar-refractivity contribution in [3.05, 3.63) is 58.2 Å². The highest BCUT2D eigenvalue weighted by atomic mass is 35.5. The van der Waals surface area contributed by atoms with Crippen molar-refractivity contribution < 1.29 is 4.79 Å². The number of carbonyl (C=O) groups is 1. The van der Waals surface area contributed by atoms with Crippen molar-refractivity contribution in [2.75, 3.05) is 18.4 Å². The summed E-state index contributed by atoms with van der Waals surface area (Å²) in [5, 5.41) is 3.47. The second-order valence-corrected chi connectivity index (χ2v) is 7.29. The summed E-state index contributed by atoms with van der Waals surface area (Å²) in [6, 6.07) is 10.0. The number of anilines is 1. The summed E-state index contributed by atoms with van der Waals surface area (Å²) in [5.74, 6) is 0.595. The molecule has 0 aliphatic carbocycles. The Bertz CT molecular complexity index is 745. The predicted molar refractivity (Wildman–Crippen MR) is 102 cm³/mol. The number of nitrogens with one attached hydrogen (secondary N) is 1. The quantitative estimate of drug-likeness (QED) is 0.891. The van der Waals surface area contributed by atoms with Gasteiger partial charge in [0.15, 0.2) is 0 Å². The third-order valence-corrected chi connectivity index (χ3v) is 4.98. The molecule has 1 saturated heterocycles. The van der Waals surface area contributed by atoms with E-state index in [1.54, 1.807) is 18.3 Å². The van der Waals surface area contributed by atoms with E-state index >= 15 is 0 Å². The molecule has 2 heterocycles. The number of piperidine rings is 1. The Morgan fingerprint density at radius 1 is 1.32 bits per heavy atom. The summed E-state index contributed by atoms with van der Waals surface area (Å²) in [6.45, 7) is 6.99. The summed E-state index contributed by atoms with van der Waals surface area (Å²) >= 11 is 5.83. The molecular formula is C20H24ClN3O. The van der Waals surface area contributed by atoms with Crippen LogP contribution in [-0.4, -0.2) is 28.9 Å². The Morgan fingerprint density at radius 2 is 2.16 bits per heavy atom. The summed E-state index contributed by atoms with van der Waals surface area (Å²) < 4.78 is 0. The van der Waals surface area contributed by atoms with Gasteiger partial charge >= 0.3 is 0 Å². The van der Waals surface area contributed by atoms with Crippen molar-refractivity contribution in [1.29, 1.82) is 0 Å². The standard InChI is InChI=1S/C20H24ClN3O/c1-14-5-6-15(2)17(10-14)13-24-9-3-4-16(12-24)20(25)23-19-8-7-18(21)11-22-19/h5-8,10-11,16H,3-4,9,12-13H2,1-2H3,(H,22,23,25). The molecule has 132 valence electrons. The number of halogens is 1. The van der Waals surface area contributed by atoms with Crippen LogP contribution in [0.3, 0.4) is 0 Å². The van der Waals surface area contributed by atoms with Gasteiger partial charge in [0, 0.05) is 19.3 Å². The Kier molecular flexibility index (Phi) is 5.71. The van der Waals surface area contributed by atoms with Crippen molar-refractivity contribution in [2.24, 2.45) is 5.92 Å². The van der Waals surface area contributed by atoms with Gasteiger partial charge in [-0.25, -0.2) is 4.98 Å². The number of rotatable bonds is 4. The van der Waals surface area contributed by atoms with E-state index in [4.69, 9.17) is 11.6 Å². The summed E-state index contributed by atoms with van der Waals surface area (Å²) in [4.78, 5) is 19.1. The normalized spacial score (nSPS) is 18.1. The molecule has 1 aromatic heterocycles. The average Bonchev–Trinajstić information content (AvgIpc) is 2.60. The largest absolute Gasteiger partial charge is 0.310 e. The number of hydrogen-bond acceptors (Lipinski definition) is 3. The van der Waals surface area contributed by atoms with Crippen molar-refractivity contribution in [3.8, 4) is 0 Å². The van der Waals surface area contributed by atoms with E-state index in [0.29, 0.717) is 10.8 Å². The van der Waals surface area contributed by atoms with Crippen LogP contribution in [0.15, 0.2) is 36.5 Å². The van der Waals surface area contributed by atoms with Crippen LogP contribution in [0, 0.1) is 19.8 Å². The highest BCUT2D eigenvalue weighted by Crippen LogP contribution is 2.22. The van der Waals surface area contributed by atoms with Crippen LogP contribution in [0.2, 0.25) is 5.02 Å². The summed E-state index contributed by atoms with van der Waals surface area (Å²) in [5.41, 5.74) is 3.93. The van der Waals surface area contributed by atoms with Crippen LogP contribution < -0.4 is 5.32 Å². The number of benzene rings is 1. The van der Waals surface area contributed by atoms with Gasteiger partial charge < -0.3 is 5.32 Å². The van der Waals surface area contributed by atoms with Crippen LogP contribution in [0.1, 0.15) is 29.5 Å². The van der Waals surface area contributed by atoms with Crippen LogP contribution in [0.25, 0.3) is 0 Å². The molecular weight excluding hydrogens is 334 g/mol. The van der Waals surface area contributed by atoms with E-state index in [1.807, 2.05) is 0 Å². The van der Waals surface area contributed by atoms with E-state index < -0.39 is 0 Å². The van der Waals surface area contributed by atoms with Crippen molar-refractivity contribution in [1.82, 2.24) is 9.88 Å². The highest BCUT2D eigenvalue weighted by Gasteiger charge is 2.26. The predicted octanol–water partition coefficient (Wildman–Crippen LogP) is 4.20. The molecule has 0 saturated carbocycles. The minimum atomic E-state index is -0.00339. The van der Waals surface area contributed by atoms with Crippen molar-refractivity contribution in [3.63, 3.8) is 0 Å². The lowest BCUT2D eigenvalue weighted by molar-refractivity contribution is -0.121. The maximum atomic E-state index is 12.6. The smallest absolute Gasteiger partial charge is 0.229 e. The minimum Gasteiger partial charge on any atom is -0.310 e. The zero-order valence-electron chi connectivity index (χ0n) is 14.8. The number of amides is 1. The summed E-state index contributed by atoms with van der Waals surface area (Å²) in [6.07, 6.45) is 3.50. The van der Waals surface area contributed by atoms with Gasteiger partial charge in [0.2, 0.25) is 5.91 Å². The minimum absolute atomic E-state index is 0.00339. The van der Waals surface area contributed by atoms with Gasteiger partial charge in [0.25, 0.3) is 0 Å². The van der Waals surface area contributed by atoms with Crippen LogP contribution in [0.4, 0.5) is 5.82 Å². The number of pyridine rings is 1. The number of aromatic nitrogens is 1. The monoisotopic (exact) mass is 357 g/mol. The lowest BCUT2D eigenvalue weighted by Gasteiger charge is -2.32. The lowest BCUT2D eigenvalue weighted by Crippen LogP contribution is -2.40. The molecule has 1 fully saturated rings. The van der Waals surface area contributed by atoms with E-state index in [2.05, 4.69) is 47.2 Å². The number of hydrogen-bond donors (Lipinski definition) is 1. The van der Waals surface area contributed by atoms with Gasteiger partial charge in [0.1, 0.15) is 5.82 Å². The Balaban J connectivity index is 1.61. The van der Waals surface area contributed by atoms with Crippen LogP contribution >= 0.6 is 11.6 Å². The first-order chi connectivity index (χ1) is 12.0. The topological polar surface area (TPSA) is 45.2 Å². The van der Waals surface area contributed by atoms with Gasteiger partial charge in [-0.2, -0.15) is 0 Å². The van der Waals surface area contributed by atoms with E-state index in [0.717, 1.165) is 32.5 Å². The Hall–Kier alpha value is -1.91. The van der Waals surface area contributed by atoms with E-state index in [1.165, 1.54) is 16.7 Å². The first-order valence-electron chi connectivity index (χ1n) is 8.72. The van der Waals surface area contributed by atoms with E-state index in [9.17, 15) is 4.79 Å². The molecule has 1 atom stereocenters. The van der Waals surface area contributed by atoms with Crippen molar-refractivity contribution >= 4 is 23.3 Å². The fourth-order valence-electron chi connectivity index (χ4n) is 3.30. The number of likely N-dealkylation sites (tertiary alicyclic amines) is 1. The molecule has 1 amide bonds. The Labute approximate surface area is 154 Å². The first kappa shape index (κ1) is 17.9. The third-order valence-electron chi connectivity index (χ3n) is 4.75. The molecule has 0 radical (unpaired) electrons. The number of nitrogens with zero attached hydrogens (tertiary/aromatic N) is 2. The molecule has 1 unspecified atom stereocenters. The van der Waals surface area contributed by atoms with Gasteiger partial charge in [-0.05, 0) is 56.5 Å². The molecule has 25 heavy (non-hydrogen) atoms. The SMILES string of the molecule is Cc1ccc(C)c(CN2CCCC(C(=O)Nc3ccc(Cl)cn3)C2)c1. The fraction of sp³-hybridized carbons (Fsp3) is 0.400. The number of carbonyl (C=O) groups excluding carboxylic acids is 1. The first-order valence-corrected chi connectivity index (χ1v) is 9.10. The van der Waals surface area contributed by atoms with Gasteiger partial charge in [-0.1, -0.05) is 35.4 Å². The molecule has 0 spiro atoms. The molecule has 1 aliphatic heterocycles. The molecule has 2 aromatic rings. The van der Waals surface area contributed by atoms with Crippen LogP contribution in [-0.2, 0) is 11.3 Å². The van der Waals surface area contributed by atoms with Gasteiger partial charge in [-0.3, -0.25) is 9.69 Å².